The van der Waals surface area contributed by atoms with Gasteiger partial charge < -0.3 is 16.0 Å². The van der Waals surface area contributed by atoms with Gasteiger partial charge in [-0.1, -0.05) is 49.4 Å². The second-order valence-corrected chi connectivity index (χ2v) is 6.60. The summed E-state index contributed by atoms with van der Waals surface area (Å²) in [4.78, 5) is 14.7. The molecule has 0 aliphatic rings. The Bertz CT molecular complexity index is 683. The fourth-order valence-corrected chi connectivity index (χ4v) is 2.64. The van der Waals surface area contributed by atoms with E-state index in [1.165, 1.54) is 5.56 Å². The molecule has 0 saturated heterocycles. The van der Waals surface area contributed by atoms with Crippen molar-refractivity contribution >= 4 is 11.6 Å². The van der Waals surface area contributed by atoms with Gasteiger partial charge >= 0.3 is 0 Å². The molecule has 1 amide bonds. The maximum atomic E-state index is 12.6. The summed E-state index contributed by atoms with van der Waals surface area (Å²) in [5.41, 5.74) is 10.3. The van der Waals surface area contributed by atoms with E-state index in [-0.39, 0.29) is 17.9 Å². The van der Waals surface area contributed by atoms with Gasteiger partial charge in [-0.15, -0.1) is 0 Å². The third-order valence-corrected chi connectivity index (χ3v) is 4.20. The van der Waals surface area contributed by atoms with E-state index in [1.807, 2.05) is 70.4 Å². The lowest BCUT2D eigenvalue weighted by atomic mass is 9.94. The third kappa shape index (κ3) is 4.66. The number of carbonyl (C=O) groups excluding carboxylic acids is 1. The molecule has 0 bridgehead atoms. The summed E-state index contributed by atoms with van der Waals surface area (Å²) in [6.45, 7) is 4.70. The number of rotatable bonds is 6. The highest BCUT2D eigenvalue weighted by molar-refractivity contribution is 5.93. The molecule has 24 heavy (non-hydrogen) atoms. The third-order valence-electron chi connectivity index (χ3n) is 4.20. The van der Waals surface area contributed by atoms with Crippen LogP contribution in [-0.2, 0) is 11.3 Å². The molecule has 0 fully saturated rings. The van der Waals surface area contributed by atoms with Crippen LogP contribution < -0.4 is 11.1 Å². The van der Waals surface area contributed by atoms with Crippen molar-refractivity contribution in [3.05, 3.63) is 65.2 Å². The molecule has 0 aliphatic heterocycles. The molecule has 2 aromatic rings. The minimum atomic E-state index is -0.323. The molecule has 2 aromatic carbocycles. The summed E-state index contributed by atoms with van der Waals surface area (Å²) in [5, 5.41) is 3.04. The van der Waals surface area contributed by atoms with Crippen LogP contribution in [0, 0.1) is 12.8 Å². The lowest BCUT2D eigenvalue weighted by Crippen LogP contribution is -2.30. The Morgan fingerprint density at radius 2 is 1.83 bits per heavy atom. The van der Waals surface area contributed by atoms with Crippen molar-refractivity contribution in [3.63, 3.8) is 0 Å². The Balaban J connectivity index is 2.11. The number of nitrogens with two attached hydrogens (primary N) is 1. The van der Waals surface area contributed by atoms with E-state index in [2.05, 4.69) is 16.3 Å². The van der Waals surface area contributed by atoms with Crippen LogP contribution in [0.15, 0.2) is 48.5 Å². The number of nitrogens with zero attached hydrogens (tertiary/aromatic N) is 1. The molecular weight excluding hydrogens is 298 g/mol. The molecule has 128 valence electrons. The Hall–Kier alpha value is -2.17. The van der Waals surface area contributed by atoms with Crippen molar-refractivity contribution in [3.8, 4) is 0 Å². The lowest BCUT2D eigenvalue weighted by Gasteiger charge is -2.21. The SMILES string of the molecule is Cc1ccc(CN(C)C)cc1NC(=O)C(C)C(N)c1ccccc1. The standard InChI is InChI=1S/C20H27N3O/c1-14-10-11-16(13-23(3)4)12-18(14)22-20(24)15(2)19(21)17-8-6-5-7-9-17/h5-12,15,19H,13,21H2,1-4H3,(H,22,24). The average molecular weight is 325 g/mol. The van der Waals surface area contributed by atoms with Gasteiger partial charge in [0.2, 0.25) is 5.91 Å². The van der Waals surface area contributed by atoms with E-state index < -0.39 is 0 Å². The first-order valence-corrected chi connectivity index (χ1v) is 8.24. The predicted octanol–water partition coefficient (Wildman–Crippen LogP) is 3.33. The van der Waals surface area contributed by atoms with E-state index in [9.17, 15) is 4.79 Å². The van der Waals surface area contributed by atoms with E-state index in [0.29, 0.717) is 0 Å². The van der Waals surface area contributed by atoms with E-state index in [0.717, 1.165) is 23.4 Å². The van der Waals surface area contributed by atoms with Crippen molar-refractivity contribution in [1.29, 1.82) is 0 Å². The maximum Gasteiger partial charge on any atom is 0.229 e. The Labute approximate surface area is 144 Å². The highest BCUT2D eigenvalue weighted by atomic mass is 16.1. The van der Waals surface area contributed by atoms with Gasteiger partial charge in [0.05, 0.1) is 5.92 Å². The number of carbonyl (C=O) groups is 1. The zero-order chi connectivity index (χ0) is 17.7. The number of aryl methyl sites for hydroxylation is 1. The first kappa shape index (κ1) is 18.2. The number of anilines is 1. The molecule has 0 saturated carbocycles. The van der Waals surface area contributed by atoms with Crippen molar-refractivity contribution in [2.75, 3.05) is 19.4 Å². The maximum absolute atomic E-state index is 12.6. The number of amides is 1. The Morgan fingerprint density at radius 3 is 2.46 bits per heavy atom. The Kier molecular flexibility index (Phi) is 6.12. The lowest BCUT2D eigenvalue weighted by molar-refractivity contribution is -0.120. The summed E-state index contributed by atoms with van der Waals surface area (Å²) in [5.74, 6) is -0.374. The summed E-state index contributed by atoms with van der Waals surface area (Å²) < 4.78 is 0. The van der Waals surface area contributed by atoms with Crippen molar-refractivity contribution in [2.24, 2.45) is 11.7 Å². The van der Waals surface area contributed by atoms with Gasteiger partial charge in [-0.2, -0.15) is 0 Å². The van der Waals surface area contributed by atoms with Crippen molar-refractivity contribution in [1.82, 2.24) is 4.90 Å². The van der Waals surface area contributed by atoms with Crippen LogP contribution in [0.4, 0.5) is 5.69 Å². The predicted molar refractivity (Wildman–Crippen MR) is 99.7 cm³/mol. The fraction of sp³-hybridized carbons (Fsp3) is 0.350. The zero-order valence-corrected chi connectivity index (χ0v) is 14.9. The molecule has 0 heterocycles. The minimum Gasteiger partial charge on any atom is -0.326 e. The number of nitrogens with one attached hydrogen (secondary N) is 1. The molecule has 4 nitrogen and oxygen atoms in total. The topological polar surface area (TPSA) is 58.4 Å². The zero-order valence-electron chi connectivity index (χ0n) is 14.9. The molecule has 3 N–H and O–H groups in total. The van der Waals surface area contributed by atoms with Gasteiger partial charge in [-0.3, -0.25) is 4.79 Å². The van der Waals surface area contributed by atoms with E-state index in [4.69, 9.17) is 5.73 Å². The molecule has 0 aliphatic carbocycles. The number of hydrogen-bond acceptors (Lipinski definition) is 3. The Morgan fingerprint density at radius 1 is 1.17 bits per heavy atom. The molecule has 0 radical (unpaired) electrons. The molecule has 2 atom stereocenters. The van der Waals surface area contributed by atoms with Crippen LogP contribution in [0.5, 0.6) is 0 Å². The van der Waals surface area contributed by atoms with E-state index >= 15 is 0 Å². The summed E-state index contributed by atoms with van der Waals surface area (Å²) >= 11 is 0. The summed E-state index contributed by atoms with van der Waals surface area (Å²) in [6.07, 6.45) is 0. The van der Waals surface area contributed by atoms with E-state index in [1.54, 1.807) is 0 Å². The number of hydrogen-bond donors (Lipinski definition) is 2. The molecular formula is C20H27N3O. The van der Waals surface area contributed by atoms with Gasteiger partial charge in [-0.05, 0) is 43.8 Å². The van der Waals surface area contributed by atoms with Crippen LogP contribution in [0.25, 0.3) is 0 Å². The van der Waals surface area contributed by atoms with Crippen molar-refractivity contribution < 1.29 is 4.79 Å². The van der Waals surface area contributed by atoms with Gasteiger partial charge in [0.15, 0.2) is 0 Å². The average Bonchev–Trinajstić information content (AvgIpc) is 2.56. The second-order valence-electron chi connectivity index (χ2n) is 6.60. The first-order valence-electron chi connectivity index (χ1n) is 8.24. The van der Waals surface area contributed by atoms with Crippen LogP contribution >= 0.6 is 0 Å². The van der Waals surface area contributed by atoms with Gasteiger partial charge in [0.25, 0.3) is 0 Å². The monoisotopic (exact) mass is 325 g/mol. The first-order chi connectivity index (χ1) is 11.4. The van der Waals surface area contributed by atoms with Crippen LogP contribution in [0.1, 0.15) is 29.7 Å². The smallest absolute Gasteiger partial charge is 0.229 e. The minimum absolute atomic E-state index is 0.0588. The fourth-order valence-electron chi connectivity index (χ4n) is 2.64. The second kappa shape index (κ2) is 8.08. The normalized spacial score (nSPS) is 13.6. The van der Waals surface area contributed by atoms with Crippen molar-refractivity contribution in [2.45, 2.75) is 26.4 Å². The summed E-state index contributed by atoms with van der Waals surface area (Å²) in [6, 6.07) is 15.6. The highest BCUT2D eigenvalue weighted by Gasteiger charge is 2.22. The molecule has 0 aromatic heterocycles. The highest BCUT2D eigenvalue weighted by Crippen LogP contribution is 2.23. The molecule has 4 heteroatoms. The largest absolute Gasteiger partial charge is 0.326 e. The van der Waals surface area contributed by atoms with Crippen LogP contribution in [-0.4, -0.2) is 24.9 Å². The number of benzene rings is 2. The van der Waals surface area contributed by atoms with Crippen LogP contribution in [0.2, 0.25) is 0 Å². The molecule has 2 unspecified atom stereocenters. The van der Waals surface area contributed by atoms with Gasteiger partial charge in [-0.25, -0.2) is 0 Å². The van der Waals surface area contributed by atoms with Crippen LogP contribution in [0.3, 0.4) is 0 Å². The molecule has 2 rings (SSSR count). The molecule has 0 spiro atoms. The van der Waals surface area contributed by atoms with Gasteiger partial charge in [0, 0.05) is 18.3 Å². The summed E-state index contributed by atoms with van der Waals surface area (Å²) in [7, 11) is 4.05. The quantitative estimate of drug-likeness (QED) is 0.856. The van der Waals surface area contributed by atoms with Gasteiger partial charge in [0.1, 0.15) is 0 Å².